The summed E-state index contributed by atoms with van der Waals surface area (Å²) in [4.78, 5) is 9.15. The molecule has 28 heavy (non-hydrogen) atoms. The van der Waals surface area contributed by atoms with E-state index in [1.54, 1.807) is 0 Å². The van der Waals surface area contributed by atoms with E-state index in [1.807, 2.05) is 41.8 Å². The molecular formula is C21H22N4O2S. The monoisotopic (exact) mass is 394 g/mol. The summed E-state index contributed by atoms with van der Waals surface area (Å²) in [6.07, 6.45) is 1.78. The summed E-state index contributed by atoms with van der Waals surface area (Å²) < 4.78 is 25.0. The second kappa shape index (κ2) is 6.91. The smallest absolute Gasteiger partial charge is 0.152 e. The first-order valence-corrected chi connectivity index (χ1v) is 11.2. The summed E-state index contributed by atoms with van der Waals surface area (Å²) >= 11 is 0. The average molecular weight is 395 g/mol. The van der Waals surface area contributed by atoms with Gasteiger partial charge in [-0.3, -0.25) is 0 Å². The zero-order valence-corrected chi connectivity index (χ0v) is 16.7. The highest BCUT2D eigenvalue weighted by molar-refractivity contribution is 7.90. The molecule has 0 aliphatic carbocycles. The Morgan fingerprint density at radius 1 is 1.04 bits per heavy atom. The summed E-state index contributed by atoms with van der Waals surface area (Å²) in [5.41, 5.74) is 10.8. The predicted octanol–water partition coefficient (Wildman–Crippen LogP) is 3.58. The van der Waals surface area contributed by atoms with Crippen molar-refractivity contribution in [3.05, 3.63) is 54.4 Å². The van der Waals surface area contributed by atoms with Crippen LogP contribution in [0.3, 0.4) is 0 Å². The fourth-order valence-electron chi connectivity index (χ4n) is 3.59. The van der Waals surface area contributed by atoms with E-state index in [9.17, 15) is 8.42 Å². The Balaban J connectivity index is 1.85. The van der Waals surface area contributed by atoms with Crippen LogP contribution in [-0.4, -0.2) is 35.0 Å². The molecule has 2 aromatic heterocycles. The molecule has 6 nitrogen and oxygen atoms in total. The van der Waals surface area contributed by atoms with Gasteiger partial charge in [-0.15, -0.1) is 0 Å². The minimum Gasteiger partial charge on any atom is -0.382 e. The maximum Gasteiger partial charge on any atom is 0.152 e. The number of nitrogens with zero attached hydrogens (tertiary/aromatic N) is 3. The number of rotatable bonds is 5. The lowest BCUT2D eigenvalue weighted by Crippen LogP contribution is -2.08. The van der Waals surface area contributed by atoms with Gasteiger partial charge in [0.15, 0.2) is 5.82 Å². The Hall–Kier alpha value is -2.93. The van der Waals surface area contributed by atoms with Crippen molar-refractivity contribution >= 4 is 37.6 Å². The van der Waals surface area contributed by atoms with Crippen molar-refractivity contribution < 1.29 is 8.42 Å². The molecule has 0 atom stereocenters. The van der Waals surface area contributed by atoms with Crippen LogP contribution < -0.4 is 5.73 Å². The Morgan fingerprint density at radius 2 is 1.79 bits per heavy atom. The molecule has 7 heteroatoms. The number of aryl methyl sites for hydroxylation is 2. The van der Waals surface area contributed by atoms with E-state index in [1.165, 1.54) is 6.26 Å². The van der Waals surface area contributed by atoms with Gasteiger partial charge in [0.25, 0.3) is 0 Å². The van der Waals surface area contributed by atoms with E-state index < -0.39 is 9.84 Å². The second-order valence-corrected chi connectivity index (χ2v) is 9.35. The molecule has 2 heterocycles. The van der Waals surface area contributed by atoms with Gasteiger partial charge in [0, 0.05) is 18.2 Å². The molecule has 0 bridgehead atoms. The van der Waals surface area contributed by atoms with E-state index in [-0.39, 0.29) is 5.75 Å². The van der Waals surface area contributed by atoms with Crippen molar-refractivity contribution in [1.29, 1.82) is 0 Å². The second-order valence-electron chi connectivity index (χ2n) is 7.09. The fraction of sp³-hybridized carbons (Fsp3) is 0.238. The quantitative estimate of drug-likeness (QED) is 0.559. The standard InChI is InChI=1S/C21H22N4O2S/c1-14-23-19-20(25(14)11-6-12-28(2,26)27)17-10-9-16(13-18(17)24-21(19)22)15-7-4-3-5-8-15/h3-5,7-10,13H,6,11-12H2,1-2H3,(H2,22,24). The molecule has 4 aromatic rings. The molecule has 0 spiro atoms. The number of aromatic nitrogens is 3. The molecule has 0 amide bonds. The fourth-order valence-corrected chi connectivity index (χ4v) is 4.25. The summed E-state index contributed by atoms with van der Waals surface area (Å²) in [6, 6.07) is 16.3. The first kappa shape index (κ1) is 18.4. The van der Waals surface area contributed by atoms with Gasteiger partial charge in [0.05, 0.1) is 16.8 Å². The first-order chi connectivity index (χ1) is 13.3. The Labute approximate surface area is 164 Å². The summed E-state index contributed by atoms with van der Waals surface area (Å²) in [5.74, 6) is 1.33. The minimum absolute atomic E-state index is 0.142. The molecule has 0 saturated heterocycles. The van der Waals surface area contributed by atoms with E-state index in [2.05, 4.69) is 28.2 Å². The predicted molar refractivity (Wildman–Crippen MR) is 114 cm³/mol. The lowest BCUT2D eigenvalue weighted by Gasteiger charge is -2.10. The van der Waals surface area contributed by atoms with Crippen LogP contribution in [0.25, 0.3) is 33.1 Å². The number of sulfone groups is 1. The number of nitrogens with two attached hydrogens (primary N) is 1. The topological polar surface area (TPSA) is 90.9 Å². The van der Waals surface area contributed by atoms with Gasteiger partial charge in [0.1, 0.15) is 21.2 Å². The highest BCUT2D eigenvalue weighted by Crippen LogP contribution is 2.31. The molecule has 0 saturated carbocycles. The van der Waals surface area contributed by atoms with Gasteiger partial charge in [-0.05, 0) is 30.5 Å². The van der Waals surface area contributed by atoms with Crippen LogP contribution in [0.15, 0.2) is 48.5 Å². The minimum atomic E-state index is -3.00. The SMILES string of the molecule is Cc1nc2c(N)nc3cc(-c4ccccc4)ccc3c2n1CCCS(C)(=O)=O. The largest absolute Gasteiger partial charge is 0.382 e. The lowest BCUT2D eigenvalue weighted by molar-refractivity contribution is 0.592. The third-order valence-electron chi connectivity index (χ3n) is 4.90. The van der Waals surface area contributed by atoms with Crippen molar-refractivity contribution in [2.45, 2.75) is 19.9 Å². The van der Waals surface area contributed by atoms with Gasteiger partial charge < -0.3 is 10.3 Å². The van der Waals surface area contributed by atoms with Crippen LogP contribution >= 0.6 is 0 Å². The van der Waals surface area contributed by atoms with Gasteiger partial charge in [-0.1, -0.05) is 42.5 Å². The van der Waals surface area contributed by atoms with Crippen molar-refractivity contribution in [2.75, 3.05) is 17.7 Å². The van der Waals surface area contributed by atoms with E-state index in [0.717, 1.165) is 33.4 Å². The maximum atomic E-state index is 11.5. The molecule has 2 N–H and O–H groups in total. The van der Waals surface area contributed by atoms with Crippen LogP contribution in [0.1, 0.15) is 12.2 Å². The van der Waals surface area contributed by atoms with Gasteiger partial charge in [-0.2, -0.15) is 0 Å². The van der Waals surface area contributed by atoms with Crippen LogP contribution in [-0.2, 0) is 16.4 Å². The molecular weight excluding hydrogens is 372 g/mol. The number of imidazole rings is 1. The Bertz CT molecular complexity index is 1280. The number of anilines is 1. The summed E-state index contributed by atoms with van der Waals surface area (Å²) in [6.45, 7) is 2.47. The molecule has 4 rings (SSSR count). The Morgan fingerprint density at radius 3 is 2.50 bits per heavy atom. The van der Waals surface area contributed by atoms with E-state index in [4.69, 9.17) is 5.73 Å². The highest BCUT2D eigenvalue weighted by Gasteiger charge is 2.16. The van der Waals surface area contributed by atoms with Crippen LogP contribution in [0.5, 0.6) is 0 Å². The maximum absolute atomic E-state index is 11.5. The van der Waals surface area contributed by atoms with Crippen molar-refractivity contribution in [2.24, 2.45) is 0 Å². The molecule has 0 fully saturated rings. The normalized spacial score (nSPS) is 12.1. The summed E-state index contributed by atoms with van der Waals surface area (Å²) in [5, 5.41) is 0.962. The number of hydrogen-bond donors (Lipinski definition) is 1. The Kier molecular flexibility index (Phi) is 4.55. The zero-order valence-electron chi connectivity index (χ0n) is 15.9. The van der Waals surface area contributed by atoms with Crippen molar-refractivity contribution in [3.8, 4) is 11.1 Å². The van der Waals surface area contributed by atoms with E-state index >= 15 is 0 Å². The average Bonchev–Trinajstić information content (AvgIpc) is 2.98. The van der Waals surface area contributed by atoms with Crippen LogP contribution in [0.4, 0.5) is 5.82 Å². The molecule has 0 aliphatic heterocycles. The molecule has 0 unspecified atom stereocenters. The van der Waals surface area contributed by atoms with Crippen molar-refractivity contribution in [3.63, 3.8) is 0 Å². The van der Waals surface area contributed by atoms with E-state index in [0.29, 0.717) is 24.3 Å². The number of fused-ring (bicyclic) bond motifs is 3. The first-order valence-electron chi connectivity index (χ1n) is 9.13. The van der Waals surface area contributed by atoms with Crippen LogP contribution in [0.2, 0.25) is 0 Å². The number of pyridine rings is 1. The molecule has 0 radical (unpaired) electrons. The zero-order chi connectivity index (χ0) is 19.9. The lowest BCUT2D eigenvalue weighted by atomic mass is 10.0. The summed E-state index contributed by atoms with van der Waals surface area (Å²) in [7, 11) is -3.00. The highest BCUT2D eigenvalue weighted by atomic mass is 32.2. The molecule has 2 aromatic carbocycles. The van der Waals surface area contributed by atoms with Gasteiger partial charge in [0.2, 0.25) is 0 Å². The van der Waals surface area contributed by atoms with Crippen LogP contribution in [0, 0.1) is 6.92 Å². The van der Waals surface area contributed by atoms with Gasteiger partial charge >= 0.3 is 0 Å². The number of benzene rings is 2. The third-order valence-corrected chi connectivity index (χ3v) is 5.93. The van der Waals surface area contributed by atoms with Gasteiger partial charge in [-0.25, -0.2) is 18.4 Å². The molecule has 0 aliphatic rings. The molecule has 144 valence electrons. The van der Waals surface area contributed by atoms with Crippen molar-refractivity contribution in [1.82, 2.24) is 14.5 Å². The third kappa shape index (κ3) is 3.45. The number of hydrogen-bond acceptors (Lipinski definition) is 5. The number of nitrogen functional groups attached to an aromatic ring is 1.